The van der Waals surface area contributed by atoms with E-state index in [0.717, 1.165) is 29.8 Å². The van der Waals surface area contributed by atoms with E-state index in [1.165, 1.54) is 0 Å². The molecule has 7 nitrogen and oxygen atoms in total. The zero-order valence-corrected chi connectivity index (χ0v) is 12.9. The first-order valence-electron chi connectivity index (χ1n) is 7.55. The van der Waals surface area contributed by atoms with Crippen LogP contribution in [0.1, 0.15) is 24.2 Å². The van der Waals surface area contributed by atoms with Crippen LogP contribution < -0.4 is 5.32 Å². The average Bonchev–Trinajstić information content (AvgIpc) is 3.26. The summed E-state index contributed by atoms with van der Waals surface area (Å²) in [7, 11) is 0. The van der Waals surface area contributed by atoms with Crippen molar-refractivity contribution in [1.82, 2.24) is 25.1 Å². The van der Waals surface area contributed by atoms with Crippen molar-refractivity contribution in [3.63, 3.8) is 0 Å². The van der Waals surface area contributed by atoms with Crippen LogP contribution >= 0.6 is 0 Å². The fourth-order valence-corrected chi connectivity index (χ4v) is 2.24. The van der Waals surface area contributed by atoms with Crippen molar-refractivity contribution in [2.75, 3.05) is 5.32 Å². The third-order valence-electron chi connectivity index (χ3n) is 3.62. The van der Waals surface area contributed by atoms with Crippen LogP contribution in [0.3, 0.4) is 0 Å². The molecule has 3 aromatic heterocycles. The fourth-order valence-electron chi connectivity index (χ4n) is 2.24. The lowest BCUT2D eigenvalue weighted by Crippen LogP contribution is -2.07. The number of nitrogens with zero attached hydrogens (tertiary/aromatic N) is 5. The van der Waals surface area contributed by atoms with Gasteiger partial charge >= 0.3 is 0 Å². The topological polar surface area (TPSA) is 89.6 Å². The third kappa shape index (κ3) is 2.90. The lowest BCUT2D eigenvalue weighted by Gasteiger charge is -2.08. The fraction of sp³-hybridized carbons (Fsp3) is 0.312. The van der Waals surface area contributed by atoms with Crippen molar-refractivity contribution in [3.05, 3.63) is 36.0 Å². The largest absolute Gasteiger partial charge is 0.356 e. The minimum atomic E-state index is 0.477. The van der Waals surface area contributed by atoms with Crippen LogP contribution in [-0.4, -0.2) is 31.1 Å². The number of anilines is 1. The maximum atomic E-state index is 5.37. The molecule has 0 bridgehead atoms. The molecule has 3 heterocycles. The highest BCUT2D eigenvalue weighted by molar-refractivity contribution is 5.76. The Balaban J connectivity index is 1.82. The van der Waals surface area contributed by atoms with E-state index in [1.54, 1.807) is 18.6 Å². The van der Waals surface area contributed by atoms with Crippen molar-refractivity contribution in [2.45, 2.75) is 32.7 Å². The first-order chi connectivity index (χ1) is 11.2. The smallest absolute Gasteiger partial charge is 0.223 e. The maximum absolute atomic E-state index is 5.37. The van der Waals surface area contributed by atoms with Crippen LogP contribution in [0.15, 0.2) is 29.2 Å². The molecular weight excluding hydrogens is 292 g/mol. The first-order valence-corrected chi connectivity index (χ1v) is 7.55. The van der Waals surface area contributed by atoms with Gasteiger partial charge in [0.15, 0.2) is 5.76 Å². The summed E-state index contributed by atoms with van der Waals surface area (Å²) < 4.78 is 5.37. The molecule has 23 heavy (non-hydrogen) atoms. The third-order valence-corrected chi connectivity index (χ3v) is 3.62. The van der Waals surface area contributed by atoms with Gasteiger partial charge in [0.25, 0.3) is 0 Å². The predicted molar refractivity (Wildman–Crippen MR) is 84.7 cm³/mol. The number of hydrogen-bond donors (Lipinski definition) is 1. The molecule has 0 radical (unpaired) electrons. The van der Waals surface area contributed by atoms with E-state index in [-0.39, 0.29) is 0 Å². The van der Waals surface area contributed by atoms with Gasteiger partial charge in [-0.3, -0.25) is 9.97 Å². The second-order valence-corrected chi connectivity index (χ2v) is 5.75. The molecule has 1 N–H and O–H groups in total. The monoisotopic (exact) mass is 308 g/mol. The second-order valence-electron chi connectivity index (χ2n) is 5.75. The molecule has 3 aromatic rings. The van der Waals surface area contributed by atoms with Gasteiger partial charge in [0.2, 0.25) is 5.95 Å². The molecule has 1 fully saturated rings. The van der Waals surface area contributed by atoms with Gasteiger partial charge in [-0.25, -0.2) is 9.97 Å². The molecule has 1 aliphatic carbocycles. The molecule has 0 amide bonds. The molecule has 4 rings (SSSR count). The van der Waals surface area contributed by atoms with Crippen LogP contribution in [-0.2, 0) is 0 Å². The molecule has 1 saturated carbocycles. The van der Waals surface area contributed by atoms with Crippen LogP contribution in [0.5, 0.6) is 0 Å². The number of aromatic nitrogens is 5. The van der Waals surface area contributed by atoms with E-state index < -0.39 is 0 Å². The molecule has 0 saturated heterocycles. The van der Waals surface area contributed by atoms with Gasteiger partial charge < -0.3 is 9.84 Å². The summed E-state index contributed by atoms with van der Waals surface area (Å²) in [6, 6.07) is 2.34. The summed E-state index contributed by atoms with van der Waals surface area (Å²) in [6.07, 6.45) is 7.50. The highest BCUT2D eigenvalue weighted by Crippen LogP contribution is 2.31. The van der Waals surface area contributed by atoms with Crippen molar-refractivity contribution in [1.29, 1.82) is 0 Å². The first kappa shape index (κ1) is 13.8. The number of hydrogen-bond acceptors (Lipinski definition) is 7. The van der Waals surface area contributed by atoms with E-state index in [2.05, 4.69) is 30.4 Å². The summed E-state index contributed by atoms with van der Waals surface area (Å²) in [5.41, 5.74) is 3.79. The Labute approximate surface area is 133 Å². The molecule has 7 heteroatoms. The molecule has 116 valence electrons. The van der Waals surface area contributed by atoms with Gasteiger partial charge in [0.05, 0.1) is 23.1 Å². The molecule has 0 atom stereocenters. The van der Waals surface area contributed by atoms with Crippen molar-refractivity contribution < 1.29 is 4.52 Å². The lowest BCUT2D eigenvalue weighted by molar-refractivity contribution is 0.427. The highest BCUT2D eigenvalue weighted by Gasteiger charge is 2.23. The number of nitrogens with one attached hydrogen (secondary N) is 1. The SMILES string of the molecule is Cc1cnc(-c2nc(NC3CC3)ncc2-c2cc(C)no2)cn1. The summed E-state index contributed by atoms with van der Waals surface area (Å²) in [5.74, 6) is 1.22. The Hall–Kier alpha value is -2.83. The normalized spacial score (nSPS) is 14.0. The van der Waals surface area contributed by atoms with Crippen LogP contribution in [0.2, 0.25) is 0 Å². The van der Waals surface area contributed by atoms with E-state index in [0.29, 0.717) is 29.1 Å². The zero-order chi connectivity index (χ0) is 15.8. The molecule has 1 aliphatic rings. The molecular formula is C16H16N6O. The Morgan fingerprint density at radius 1 is 1.04 bits per heavy atom. The molecule has 0 spiro atoms. The summed E-state index contributed by atoms with van der Waals surface area (Å²) in [6.45, 7) is 3.78. The highest BCUT2D eigenvalue weighted by atomic mass is 16.5. The van der Waals surface area contributed by atoms with Crippen molar-refractivity contribution in [2.24, 2.45) is 0 Å². The van der Waals surface area contributed by atoms with Gasteiger partial charge in [0.1, 0.15) is 11.4 Å². The summed E-state index contributed by atoms with van der Waals surface area (Å²) in [5, 5.41) is 7.25. The van der Waals surface area contributed by atoms with Gasteiger partial charge in [-0.15, -0.1) is 0 Å². The van der Waals surface area contributed by atoms with Gasteiger partial charge in [-0.05, 0) is 26.7 Å². The summed E-state index contributed by atoms with van der Waals surface area (Å²) >= 11 is 0. The van der Waals surface area contributed by atoms with Gasteiger partial charge in [-0.1, -0.05) is 5.16 Å². The van der Waals surface area contributed by atoms with E-state index in [9.17, 15) is 0 Å². The minimum absolute atomic E-state index is 0.477. The predicted octanol–water partition coefficient (Wildman–Crippen LogP) is 2.78. The van der Waals surface area contributed by atoms with Gasteiger partial charge in [-0.2, -0.15) is 0 Å². The number of rotatable bonds is 4. The Bertz CT molecular complexity index is 838. The molecule has 0 unspecified atom stereocenters. The summed E-state index contributed by atoms with van der Waals surface area (Å²) in [4.78, 5) is 17.8. The average molecular weight is 308 g/mol. The quantitative estimate of drug-likeness (QED) is 0.792. The van der Waals surface area contributed by atoms with E-state index >= 15 is 0 Å². The Kier molecular flexibility index (Phi) is 3.25. The minimum Gasteiger partial charge on any atom is -0.356 e. The van der Waals surface area contributed by atoms with Crippen molar-refractivity contribution in [3.8, 4) is 22.7 Å². The second kappa shape index (κ2) is 5.42. The van der Waals surface area contributed by atoms with E-state index in [4.69, 9.17) is 4.52 Å². The van der Waals surface area contributed by atoms with Crippen LogP contribution in [0.25, 0.3) is 22.7 Å². The standard InChI is InChI=1S/C16H16N6O/c1-9-5-14(23-22-9)12-7-19-16(20-11-3-4-11)21-15(12)13-8-17-10(2)6-18-13/h5-8,11H,3-4H2,1-2H3,(H,19,20,21). The molecule has 0 aliphatic heterocycles. The lowest BCUT2D eigenvalue weighted by atomic mass is 10.1. The zero-order valence-electron chi connectivity index (χ0n) is 12.9. The Morgan fingerprint density at radius 2 is 1.91 bits per heavy atom. The van der Waals surface area contributed by atoms with Crippen LogP contribution in [0.4, 0.5) is 5.95 Å². The number of aryl methyl sites for hydroxylation is 2. The van der Waals surface area contributed by atoms with Gasteiger partial charge in [0, 0.05) is 24.5 Å². The van der Waals surface area contributed by atoms with Crippen molar-refractivity contribution >= 4 is 5.95 Å². The van der Waals surface area contributed by atoms with Crippen LogP contribution in [0, 0.1) is 13.8 Å². The van der Waals surface area contributed by atoms with E-state index in [1.807, 2.05) is 19.9 Å². The molecule has 0 aromatic carbocycles. The Morgan fingerprint density at radius 3 is 2.57 bits per heavy atom. The maximum Gasteiger partial charge on any atom is 0.223 e.